The van der Waals surface area contributed by atoms with Crippen LogP contribution in [0.1, 0.15) is 26.7 Å². The monoisotopic (exact) mass is 268 g/mol. The van der Waals surface area contributed by atoms with Gasteiger partial charge in [0, 0.05) is 6.54 Å². The van der Waals surface area contributed by atoms with Gasteiger partial charge in [-0.3, -0.25) is 10.1 Å². The van der Waals surface area contributed by atoms with Crippen LogP contribution < -0.4 is 10.1 Å². The lowest BCUT2D eigenvalue weighted by atomic mass is 10.2. The summed E-state index contributed by atoms with van der Waals surface area (Å²) in [5.41, 5.74) is 0.362. The number of para-hydroxylation sites is 1. The number of aliphatic hydroxyl groups excluding tert-OH is 1. The minimum atomic E-state index is -0.449. The molecule has 0 aliphatic rings. The topological polar surface area (TPSA) is 84.6 Å². The maximum absolute atomic E-state index is 11.1. The number of ether oxygens (including phenoxy) is 1. The molecule has 0 spiro atoms. The highest BCUT2D eigenvalue weighted by Crippen LogP contribution is 2.34. The van der Waals surface area contributed by atoms with E-state index in [1.54, 1.807) is 25.1 Å². The molecule has 0 aliphatic heterocycles. The average molecular weight is 268 g/mol. The van der Waals surface area contributed by atoms with Crippen molar-refractivity contribution >= 4 is 11.4 Å². The summed E-state index contributed by atoms with van der Waals surface area (Å²) in [6.45, 7) is 4.53. The van der Waals surface area contributed by atoms with Crippen LogP contribution in [0.5, 0.6) is 5.75 Å². The number of hydrogen-bond acceptors (Lipinski definition) is 5. The summed E-state index contributed by atoms with van der Waals surface area (Å²) >= 11 is 0. The molecule has 2 N–H and O–H groups in total. The van der Waals surface area contributed by atoms with Crippen molar-refractivity contribution in [3.63, 3.8) is 0 Å². The number of anilines is 1. The van der Waals surface area contributed by atoms with Crippen LogP contribution in [-0.4, -0.2) is 29.3 Å². The van der Waals surface area contributed by atoms with Crippen LogP contribution in [0.2, 0.25) is 0 Å². The van der Waals surface area contributed by atoms with Gasteiger partial charge in [-0.1, -0.05) is 13.0 Å². The van der Waals surface area contributed by atoms with Gasteiger partial charge in [0.15, 0.2) is 5.75 Å². The van der Waals surface area contributed by atoms with Crippen LogP contribution >= 0.6 is 0 Å². The molecule has 1 rings (SSSR count). The molecule has 0 bridgehead atoms. The maximum atomic E-state index is 11.1. The number of benzene rings is 1. The van der Waals surface area contributed by atoms with Crippen molar-refractivity contribution in [2.75, 3.05) is 18.5 Å². The fraction of sp³-hybridized carbons (Fsp3) is 0.538. The third-order valence-electron chi connectivity index (χ3n) is 2.52. The van der Waals surface area contributed by atoms with E-state index in [1.165, 1.54) is 0 Å². The fourth-order valence-electron chi connectivity index (χ4n) is 1.60. The van der Waals surface area contributed by atoms with E-state index < -0.39 is 11.0 Å². The van der Waals surface area contributed by atoms with Crippen molar-refractivity contribution in [2.45, 2.75) is 32.8 Å². The van der Waals surface area contributed by atoms with Crippen LogP contribution in [0.4, 0.5) is 11.4 Å². The normalized spacial score (nSPS) is 11.9. The van der Waals surface area contributed by atoms with E-state index in [1.807, 2.05) is 6.92 Å². The Bertz CT molecular complexity index is 421. The molecule has 0 aromatic heterocycles. The molecular weight excluding hydrogens is 248 g/mol. The van der Waals surface area contributed by atoms with E-state index in [0.29, 0.717) is 25.3 Å². The van der Waals surface area contributed by atoms with Crippen LogP contribution in [0.3, 0.4) is 0 Å². The second kappa shape index (κ2) is 7.58. The molecule has 19 heavy (non-hydrogen) atoms. The number of nitrogens with zero attached hydrogens (tertiary/aromatic N) is 1. The first-order valence-electron chi connectivity index (χ1n) is 6.38. The van der Waals surface area contributed by atoms with Gasteiger partial charge in [0.05, 0.1) is 17.6 Å². The smallest absolute Gasteiger partial charge is 0.333 e. The summed E-state index contributed by atoms with van der Waals surface area (Å²) in [6, 6.07) is 4.94. The maximum Gasteiger partial charge on any atom is 0.333 e. The van der Waals surface area contributed by atoms with Crippen molar-refractivity contribution < 1.29 is 14.8 Å². The van der Waals surface area contributed by atoms with Crippen molar-refractivity contribution in [3.05, 3.63) is 28.3 Å². The first-order chi connectivity index (χ1) is 9.06. The second-order valence-electron chi connectivity index (χ2n) is 4.32. The Kier molecular flexibility index (Phi) is 6.08. The standard InChI is InChI=1S/C13H20N2O4/c1-3-9-19-12-6-4-5-11(13(12)15(17)18)14-8-7-10(2)16/h4-6,10,14,16H,3,7-9H2,1-2H3. The van der Waals surface area contributed by atoms with Gasteiger partial charge < -0.3 is 15.2 Å². The lowest BCUT2D eigenvalue weighted by Gasteiger charge is -2.11. The van der Waals surface area contributed by atoms with Gasteiger partial charge in [-0.25, -0.2) is 0 Å². The molecule has 1 unspecified atom stereocenters. The van der Waals surface area contributed by atoms with Crippen LogP contribution in [0, 0.1) is 10.1 Å². The number of nitro groups is 1. The van der Waals surface area contributed by atoms with E-state index in [4.69, 9.17) is 4.74 Å². The van der Waals surface area contributed by atoms with E-state index >= 15 is 0 Å². The third kappa shape index (κ3) is 4.75. The van der Waals surface area contributed by atoms with Crippen molar-refractivity contribution in [1.82, 2.24) is 0 Å². The highest BCUT2D eigenvalue weighted by molar-refractivity contribution is 5.68. The Morgan fingerprint density at radius 3 is 2.84 bits per heavy atom. The molecule has 0 saturated carbocycles. The van der Waals surface area contributed by atoms with E-state index in [9.17, 15) is 15.2 Å². The largest absolute Gasteiger partial charge is 0.487 e. The minimum absolute atomic E-state index is 0.0541. The molecule has 6 heteroatoms. The van der Waals surface area contributed by atoms with Gasteiger partial charge in [0.25, 0.3) is 0 Å². The Labute approximate surface area is 112 Å². The molecule has 1 atom stereocenters. The summed E-state index contributed by atoms with van der Waals surface area (Å²) in [5, 5.41) is 23.3. The van der Waals surface area contributed by atoms with Crippen molar-refractivity contribution in [2.24, 2.45) is 0 Å². The van der Waals surface area contributed by atoms with Gasteiger partial charge in [0.1, 0.15) is 5.69 Å². The van der Waals surface area contributed by atoms with Crippen molar-refractivity contribution in [3.8, 4) is 5.75 Å². The minimum Gasteiger partial charge on any atom is -0.487 e. The number of hydrogen-bond donors (Lipinski definition) is 2. The first kappa shape index (κ1) is 15.2. The Balaban J connectivity index is 2.86. The molecule has 0 aliphatic carbocycles. The Morgan fingerprint density at radius 1 is 1.53 bits per heavy atom. The van der Waals surface area contributed by atoms with Crippen LogP contribution in [0.25, 0.3) is 0 Å². The molecule has 0 amide bonds. The summed E-state index contributed by atoms with van der Waals surface area (Å²) in [5.74, 6) is 0.272. The average Bonchev–Trinajstić information content (AvgIpc) is 2.35. The van der Waals surface area contributed by atoms with E-state index in [2.05, 4.69) is 5.32 Å². The molecule has 106 valence electrons. The molecule has 1 aromatic rings. The molecular formula is C13H20N2O4. The van der Waals surface area contributed by atoms with Gasteiger partial charge >= 0.3 is 5.69 Å². The number of rotatable bonds is 8. The van der Waals surface area contributed by atoms with Gasteiger partial charge in [-0.2, -0.15) is 0 Å². The van der Waals surface area contributed by atoms with Crippen LogP contribution in [-0.2, 0) is 0 Å². The zero-order valence-corrected chi connectivity index (χ0v) is 11.3. The van der Waals surface area contributed by atoms with E-state index in [-0.39, 0.29) is 11.4 Å². The predicted octanol–water partition coefficient (Wildman–Crippen LogP) is 2.57. The van der Waals surface area contributed by atoms with E-state index in [0.717, 1.165) is 6.42 Å². The SMILES string of the molecule is CCCOc1cccc(NCCC(C)O)c1[N+](=O)[O-]. The summed E-state index contributed by atoms with van der Waals surface area (Å²) < 4.78 is 5.38. The molecule has 0 heterocycles. The predicted molar refractivity (Wildman–Crippen MR) is 73.7 cm³/mol. The Hall–Kier alpha value is -1.82. The highest BCUT2D eigenvalue weighted by Gasteiger charge is 2.20. The quantitative estimate of drug-likeness (QED) is 0.559. The molecule has 0 saturated heterocycles. The molecule has 6 nitrogen and oxygen atoms in total. The summed E-state index contributed by atoms with van der Waals surface area (Å²) in [7, 11) is 0. The first-order valence-corrected chi connectivity index (χ1v) is 6.38. The van der Waals surface area contributed by atoms with Gasteiger partial charge in [-0.05, 0) is 31.9 Å². The fourth-order valence-corrected chi connectivity index (χ4v) is 1.60. The third-order valence-corrected chi connectivity index (χ3v) is 2.52. The second-order valence-corrected chi connectivity index (χ2v) is 4.32. The molecule has 1 aromatic carbocycles. The Morgan fingerprint density at radius 2 is 2.26 bits per heavy atom. The van der Waals surface area contributed by atoms with Gasteiger partial charge in [-0.15, -0.1) is 0 Å². The summed E-state index contributed by atoms with van der Waals surface area (Å²) in [6.07, 6.45) is 0.875. The molecule has 0 radical (unpaired) electrons. The van der Waals surface area contributed by atoms with Gasteiger partial charge in [0.2, 0.25) is 0 Å². The summed E-state index contributed by atoms with van der Waals surface area (Å²) in [4.78, 5) is 10.7. The lowest BCUT2D eigenvalue weighted by molar-refractivity contribution is -0.385. The number of aliphatic hydroxyl groups is 1. The lowest BCUT2D eigenvalue weighted by Crippen LogP contribution is -2.11. The highest BCUT2D eigenvalue weighted by atomic mass is 16.6. The van der Waals surface area contributed by atoms with Crippen LogP contribution in [0.15, 0.2) is 18.2 Å². The van der Waals surface area contributed by atoms with Crippen molar-refractivity contribution in [1.29, 1.82) is 0 Å². The zero-order chi connectivity index (χ0) is 14.3. The molecule has 0 fully saturated rings. The number of nitrogens with one attached hydrogen (secondary N) is 1. The zero-order valence-electron chi connectivity index (χ0n) is 11.3. The number of nitro benzene ring substituents is 1.